The summed E-state index contributed by atoms with van der Waals surface area (Å²) in [5.74, 6) is -1.62. The van der Waals surface area contributed by atoms with Crippen molar-refractivity contribution in [1.82, 2.24) is 10.2 Å². The molecular formula is C24H29N3O6. The van der Waals surface area contributed by atoms with Gasteiger partial charge in [0.2, 0.25) is 5.91 Å². The van der Waals surface area contributed by atoms with Gasteiger partial charge in [-0.25, -0.2) is 9.59 Å². The molecule has 1 heterocycles. The normalized spacial score (nSPS) is 15.0. The summed E-state index contributed by atoms with van der Waals surface area (Å²) in [5.41, 5.74) is 7.90. The highest BCUT2D eigenvalue weighted by Gasteiger charge is 2.26. The number of likely N-dealkylation sites (tertiary alicyclic amines) is 1. The lowest BCUT2D eigenvalue weighted by Crippen LogP contribution is -2.45. The molecule has 1 fully saturated rings. The Hall–Kier alpha value is -3.59. The van der Waals surface area contributed by atoms with Gasteiger partial charge in [-0.3, -0.25) is 4.79 Å². The average molecular weight is 456 g/mol. The number of nitrogens with two attached hydrogens (primary N) is 1. The van der Waals surface area contributed by atoms with Crippen LogP contribution >= 0.6 is 0 Å². The second-order valence-corrected chi connectivity index (χ2v) is 7.94. The van der Waals surface area contributed by atoms with Crippen LogP contribution in [0.15, 0.2) is 54.6 Å². The zero-order valence-electron chi connectivity index (χ0n) is 18.3. The number of carboxylic acid groups (broad SMARTS) is 1. The van der Waals surface area contributed by atoms with Crippen LogP contribution in [-0.4, -0.2) is 59.8 Å². The van der Waals surface area contributed by atoms with Gasteiger partial charge in [0, 0.05) is 25.2 Å². The maximum absolute atomic E-state index is 12.2. The molecule has 2 amide bonds. The van der Waals surface area contributed by atoms with E-state index in [9.17, 15) is 19.5 Å². The molecule has 3 rings (SSSR count). The van der Waals surface area contributed by atoms with Gasteiger partial charge in [-0.2, -0.15) is 0 Å². The van der Waals surface area contributed by atoms with Crippen molar-refractivity contribution in [1.29, 1.82) is 0 Å². The first-order valence-electron chi connectivity index (χ1n) is 10.8. The Balaban J connectivity index is 1.36. The molecule has 0 bridgehead atoms. The van der Waals surface area contributed by atoms with Gasteiger partial charge in [-0.15, -0.1) is 0 Å². The number of nitrogen functional groups attached to an aromatic ring is 1. The summed E-state index contributed by atoms with van der Waals surface area (Å²) >= 11 is 0. The number of piperidine rings is 1. The Morgan fingerprint density at radius 2 is 1.70 bits per heavy atom. The van der Waals surface area contributed by atoms with Gasteiger partial charge in [-0.05, 0) is 36.1 Å². The van der Waals surface area contributed by atoms with Crippen molar-refractivity contribution in [3.05, 3.63) is 65.7 Å². The van der Waals surface area contributed by atoms with Crippen LogP contribution < -0.4 is 11.1 Å². The summed E-state index contributed by atoms with van der Waals surface area (Å²) in [4.78, 5) is 37.6. The van der Waals surface area contributed by atoms with Gasteiger partial charge >= 0.3 is 12.1 Å². The van der Waals surface area contributed by atoms with E-state index in [4.69, 9.17) is 15.2 Å². The van der Waals surface area contributed by atoms with E-state index in [1.54, 1.807) is 29.2 Å². The van der Waals surface area contributed by atoms with Crippen molar-refractivity contribution in [2.75, 3.05) is 25.4 Å². The van der Waals surface area contributed by atoms with E-state index in [1.807, 2.05) is 30.3 Å². The van der Waals surface area contributed by atoms with E-state index >= 15 is 0 Å². The molecule has 2 aromatic carbocycles. The third kappa shape index (κ3) is 7.80. The fourth-order valence-electron chi connectivity index (χ4n) is 3.53. The van der Waals surface area contributed by atoms with Crippen LogP contribution in [0, 0.1) is 0 Å². The molecule has 0 saturated carbocycles. The summed E-state index contributed by atoms with van der Waals surface area (Å²) in [5, 5.41) is 11.9. The Labute approximate surface area is 192 Å². The van der Waals surface area contributed by atoms with Gasteiger partial charge < -0.3 is 30.5 Å². The predicted octanol–water partition coefficient (Wildman–Crippen LogP) is 2.20. The van der Waals surface area contributed by atoms with E-state index in [0.29, 0.717) is 31.6 Å². The van der Waals surface area contributed by atoms with Crippen LogP contribution in [0.3, 0.4) is 0 Å². The minimum Gasteiger partial charge on any atom is -0.480 e. The SMILES string of the molecule is Nc1ccc(C[C@H](NC(=O)COC2CCN(C(=O)OCc3ccccc3)CC2)C(=O)O)cc1. The van der Waals surface area contributed by atoms with Crippen molar-refractivity contribution in [3.8, 4) is 0 Å². The summed E-state index contributed by atoms with van der Waals surface area (Å²) in [6.45, 7) is 0.912. The van der Waals surface area contributed by atoms with Crippen molar-refractivity contribution >= 4 is 23.7 Å². The lowest BCUT2D eigenvalue weighted by Gasteiger charge is -2.31. The van der Waals surface area contributed by atoms with E-state index in [1.165, 1.54) is 0 Å². The number of hydrogen-bond acceptors (Lipinski definition) is 6. The molecule has 1 aliphatic rings. The van der Waals surface area contributed by atoms with Crippen LogP contribution in [0.2, 0.25) is 0 Å². The number of ether oxygens (including phenoxy) is 2. The molecule has 9 heteroatoms. The second-order valence-electron chi connectivity index (χ2n) is 7.94. The van der Waals surface area contributed by atoms with Crippen molar-refractivity contribution in [3.63, 3.8) is 0 Å². The molecule has 176 valence electrons. The highest BCUT2D eigenvalue weighted by atomic mass is 16.6. The number of anilines is 1. The number of amides is 2. The largest absolute Gasteiger partial charge is 0.480 e. The molecule has 1 aliphatic heterocycles. The van der Waals surface area contributed by atoms with Crippen LogP contribution in [0.4, 0.5) is 10.5 Å². The third-order valence-corrected chi connectivity index (χ3v) is 5.41. The van der Waals surface area contributed by atoms with Gasteiger partial charge in [0.1, 0.15) is 19.3 Å². The number of nitrogens with one attached hydrogen (secondary N) is 1. The molecule has 0 aliphatic carbocycles. The van der Waals surface area contributed by atoms with Gasteiger partial charge in [-0.1, -0.05) is 42.5 Å². The number of benzene rings is 2. The van der Waals surface area contributed by atoms with Crippen LogP contribution in [0.1, 0.15) is 24.0 Å². The molecule has 1 saturated heterocycles. The summed E-state index contributed by atoms with van der Waals surface area (Å²) in [6.07, 6.45) is 0.727. The maximum atomic E-state index is 12.2. The number of hydrogen-bond donors (Lipinski definition) is 3. The molecule has 0 unspecified atom stereocenters. The second kappa shape index (κ2) is 11.9. The Morgan fingerprint density at radius 3 is 2.33 bits per heavy atom. The first-order chi connectivity index (χ1) is 15.9. The molecule has 9 nitrogen and oxygen atoms in total. The third-order valence-electron chi connectivity index (χ3n) is 5.41. The molecule has 0 radical (unpaired) electrons. The minimum atomic E-state index is -1.12. The Kier molecular flexibility index (Phi) is 8.65. The number of nitrogens with zero attached hydrogens (tertiary/aromatic N) is 1. The highest BCUT2D eigenvalue weighted by Crippen LogP contribution is 2.15. The van der Waals surface area contributed by atoms with Crippen LogP contribution in [0.25, 0.3) is 0 Å². The van der Waals surface area contributed by atoms with E-state index in [-0.39, 0.29) is 31.8 Å². The first-order valence-corrected chi connectivity index (χ1v) is 10.8. The zero-order valence-corrected chi connectivity index (χ0v) is 18.3. The number of carboxylic acids is 1. The maximum Gasteiger partial charge on any atom is 0.410 e. The Morgan fingerprint density at radius 1 is 1.03 bits per heavy atom. The highest BCUT2D eigenvalue weighted by molar-refractivity contribution is 5.84. The van der Waals surface area contributed by atoms with E-state index in [0.717, 1.165) is 11.1 Å². The lowest BCUT2D eigenvalue weighted by atomic mass is 10.1. The Bertz CT molecular complexity index is 927. The monoisotopic (exact) mass is 455 g/mol. The van der Waals surface area contributed by atoms with Crippen LogP contribution in [0.5, 0.6) is 0 Å². The quantitative estimate of drug-likeness (QED) is 0.494. The predicted molar refractivity (Wildman–Crippen MR) is 121 cm³/mol. The zero-order chi connectivity index (χ0) is 23.6. The molecule has 33 heavy (non-hydrogen) atoms. The van der Waals surface area contributed by atoms with Gasteiger partial charge in [0.05, 0.1) is 6.10 Å². The van der Waals surface area contributed by atoms with Gasteiger partial charge in [0.25, 0.3) is 0 Å². The lowest BCUT2D eigenvalue weighted by molar-refractivity contribution is -0.143. The number of rotatable bonds is 9. The number of carbonyl (C=O) groups is 3. The fourth-order valence-corrected chi connectivity index (χ4v) is 3.53. The molecule has 0 aromatic heterocycles. The first kappa shape index (κ1) is 24.1. The smallest absolute Gasteiger partial charge is 0.410 e. The molecule has 2 aromatic rings. The molecule has 0 spiro atoms. The van der Waals surface area contributed by atoms with E-state index in [2.05, 4.69) is 5.32 Å². The van der Waals surface area contributed by atoms with Crippen molar-refractivity contribution in [2.24, 2.45) is 0 Å². The number of carbonyl (C=O) groups excluding carboxylic acids is 2. The molecule has 1 atom stereocenters. The average Bonchev–Trinajstić information content (AvgIpc) is 2.83. The van der Waals surface area contributed by atoms with Crippen molar-refractivity contribution < 1.29 is 29.0 Å². The topological polar surface area (TPSA) is 131 Å². The standard InChI is InChI=1S/C24H29N3O6/c25-19-8-6-17(7-9-19)14-21(23(29)30)26-22(28)16-32-20-10-12-27(13-11-20)24(31)33-15-18-4-2-1-3-5-18/h1-9,20-21H,10-16,25H2,(H,26,28)(H,29,30)/t21-/m0/s1. The summed E-state index contributed by atoms with van der Waals surface area (Å²) in [6, 6.07) is 15.2. The molecule has 4 N–H and O–H groups in total. The minimum absolute atomic E-state index is 0.144. The number of aliphatic carboxylic acids is 1. The van der Waals surface area contributed by atoms with E-state index < -0.39 is 17.9 Å². The van der Waals surface area contributed by atoms with Gasteiger partial charge in [0.15, 0.2) is 0 Å². The summed E-state index contributed by atoms with van der Waals surface area (Å²) < 4.78 is 11.0. The van der Waals surface area contributed by atoms with Crippen LogP contribution in [-0.2, 0) is 32.1 Å². The molecular weight excluding hydrogens is 426 g/mol. The summed E-state index contributed by atoms with van der Waals surface area (Å²) in [7, 11) is 0. The fraction of sp³-hybridized carbons (Fsp3) is 0.375. The van der Waals surface area contributed by atoms with Crippen molar-refractivity contribution in [2.45, 2.75) is 38.0 Å².